The van der Waals surface area contributed by atoms with Crippen LogP contribution in [0, 0.1) is 5.92 Å². The molecule has 22 heavy (non-hydrogen) atoms. The molecule has 0 amide bonds. The summed E-state index contributed by atoms with van der Waals surface area (Å²) in [5.41, 5.74) is 2.48. The van der Waals surface area contributed by atoms with Gasteiger partial charge in [-0.1, -0.05) is 44.2 Å². The largest absolute Gasteiger partial charge is 0.508 e. The van der Waals surface area contributed by atoms with E-state index in [0.29, 0.717) is 34.4 Å². The Bertz CT molecular complexity index is 861. The van der Waals surface area contributed by atoms with Crippen LogP contribution < -0.4 is 5.43 Å². The lowest BCUT2D eigenvalue weighted by atomic mass is 9.98. The number of rotatable bonds is 3. The van der Waals surface area contributed by atoms with E-state index in [2.05, 4.69) is 13.8 Å². The van der Waals surface area contributed by atoms with Crippen molar-refractivity contribution in [1.82, 2.24) is 0 Å². The molecular formula is C19H18O3. The lowest BCUT2D eigenvalue weighted by Crippen LogP contribution is -2.06. The summed E-state index contributed by atoms with van der Waals surface area (Å²) >= 11 is 0. The van der Waals surface area contributed by atoms with Crippen molar-refractivity contribution in [3.05, 3.63) is 64.5 Å². The van der Waals surface area contributed by atoms with Crippen molar-refractivity contribution in [3.63, 3.8) is 0 Å². The third-order valence-electron chi connectivity index (χ3n) is 3.72. The highest BCUT2D eigenvalue weighted by Gasteiger charge is 2.15. The van der Waals surface area contributed by atoms with Gasteiger partial charge in [0.2, 0.25) is 5.43 Å². The van der Waals surface area contributed by atoms with E-state index in [-0.39, 0.29) is 11.2 Å². The maximum absolute atomic E-state index is 12.7. The Morgan fingerprint density at radius 2 is 1.82 bits per heavy atom. The van der Waals surface area contributed by atoms with Crippen LogP contribution in [0.15, 0.2) is 57.9 Å². The number of aromatic hydroxyl groups is 1. The van der Waals surface area contributed by atoms with Crippen LogP contribution in [0.3, 0.4) is 0 Å². The van der Waals surface area contributed by atoms with E-state index in [4.69, 9.17) is 4.42 Å². The molecule has 0 saturated carbocycles. The van der Waals surface area contributed by atoms with Gasteiger partial charge in [0, 0.05) is 5.56 Å². The SMILES string of the molecule is CC(C)Cc1c(O)ccc2c(=O)c(-c3ccccc3)coc12. The highest BCUT2D eigenvalue weighted by molar-refractivity contribution is 5.85. The molecule has 3 heteroatoms. The van der Waals surface area contributed by atoms with E-state index >= 15 is 0 Å². The van der Waals surface area contributed by atoms with Crippen molar-refractivity contribution >= 4 is 11.0 Å². The van der Waals surface area contributed by atoms with Crippen molar-refractivity contribution in [2.45, 2.75) is 20.3 Å². The molecule has 1 N–H and O–H groups in total. The summed E-state index contributed by atoms with van der Waals surface area (Å²) in [7, 11) is 0. The molecule has 0 atom stereocenters. The van der Waals surface area contributed by atoms with Crippen molar-refractivity contribution < 1.29 is 9.52 Å². The maximum Gasteiger partial charge on any atom is 0.200 e. The van der Waals surface area contributed by atoms with Crippen molar-refractivity contribution in [2.75, 3.05) is 0 Å². The summed E-state index contributed by atoms with van der Waals surface area (Å²) in [4.78, 5) is 12.7. The van der Waals surface area contributed by atoms with Gasteiger partial charge in [0.15, 0.2) is 0 Å². The van der Waals surface area contributed by atoms with Crippen LogP contribution in [0.25, 0.3) is 22.1 Å². The quantitative estimate of drug-likeness (QED) is 0.780. The zero-order valence-electron chi connectivity index (χ0n) is 12.7. The van der Waals surface area contributed by atoms with Crippen molar-refractivity contribution in [1.29, 1.82) is 0 Å². The van der Waals surface area contributed by atoms with Gasteiger partial charge in [-0.15, -0.1) is 0 Å². The highest BCUT2D eigenvalue weighted by Crippen LogP contribution is 2.29. The molecule has 0 fully saturated rings. The standard InChI is InChI=1S/C19H18O3/c1-12(2)10-15-17(20)9-8-14-18(21)16(11-22-19(14)15)13-6-4-3-5-7-13/h3-9,11-12,20H,10H2,1-2H3. The van der Waals surface area contributed by atoms with Crippen LogP contribution in [0.1, 0.15) is 19.4 Å². The fraction of sp³-hybridized carbons (Fsp3) is 0.211. The predicted molar refractivity (Wildman–Crippen MR) is 88.1 cm³/mol. The van der Waals surface area contributed by atoms with Crippen molar-refractivity contribution in [2.24, 2.45) is 5.92 Å². The smallest absolute Gasteiger partial charge is 0.200 e. The Kier molecular flexibility index (Phi) is 3.72. The van der Waals surface area contributed by atoms with E-state index in [1.165, 1.54) is 6.26 Å². The van der Waals surface area contributed by atoms with Gasteiger partial charge >= 0.3 is 0 Å². The van der Waals surface area contributed by atoms with Crippen LogP contribution in [0.4, 0.5) is 0 Å². The molecule has 0 aliphatic heterocycles. The molecular weight excluding hydrogens is 276 g/mol. The molecule has 3 rings (SSSR count). The van der Waals surface area contributed by atoms with Gasteiger partial charge in [-0.25, -0.2) is 0 Å². The average molecular weight is 294 g/mol. The topological polar surface area (TPSA) is 50.4 Å². The van der Waals surface area contributed by atoms with Gasteiger partial charge in [-0.3, -0.25) is 4.79 Å². The highest BCUT2D eigenvalue weighted by atomic mass is 16.3. The Morgan fingerprint density at radius 1 is 1.09 bits per heavy atom. The van der Waals surface area contributed by atoms with E-state index in [0.717, 1.165) is 5.56 Å². The molecule has 3 nitrogen and oxygen atoms in total. The lowest BCUT2D eigenvalue weighted by molar-refractivity contribution is 0.460. The third kappa shape index (κ3) is 2.50. The second-order valence-electron chi connectivity index (χ2n) is 5.88. The fourth-order valence-electron chi connectivity index (χ4n) is 2.67. The van der Waals surface area contributed by atoms with Gasteiger partial charge in [-0.05, 0) is 30.0 Å². The lowest BCUT2D eigenvalue weighted by Gasteiger charge is -2.11. The Balaban J connectivity index is 2.25. The number of phenols is 1. The average Bonchev–Trinajstić information content (AvgIpc) is 2.51. The zero-order valence-corrected chi connectivity index (χ0v) is 12.7. The number of phenolic OH excluding ortho intramolecular Hbond substituents is 1. The minimum absolute atomic E-state index is 0.0718. The fourth-order valence-corrected chi connectivity index (χ4v) is 2.67. The molecule has 0 bridgehead atoms. The summed E-state index contributed by atoms with van der Waals surface area (Å²) in [5.74, 6) is 0.535. The zero-order chi connectivity index (χ0) is 15.7. The molecule has 0 aliphatic rings. The van der Waals surface area contributed by atoms with Crippen LogP contribution in [0.5, 0.6) is 5.75 Å². The third-order valence-corrected chi connectivity index (χ3v) is 3.72. The first-order valence-electron chi connectivity index (χ1n) is 7.39. The summed E-state index contributed by atoms with van der Waals surface area (Å²) < 4.78 is 5.73. The Labute approximate surface area is 128 Å². The van der Waals surface area contributed by atoms with Crippen LogP contribution in [-0.4, -0.2) is 5.11 Å². The first-order chi connectivity index (χ1) is 10.6. The number of hydrogen-bond acceptors (Lipinski definition) is 3. The molecule has 0 aliphatic carbocycles. The summed E-state index contributed by atoms with van der Waals surface area (Å²) in [6.07, 6.45) is 2.15. The molecule has 1 heterocycles. The van der Waals surface area contributed by atoms with Gasteiger partial charge in [0.1, 0.15) is 17.6 Å². The van der Waals surface area contributed by atoms with Crippen molar-refractivity contribution in [3.8, 4) is 16.9 Å². The first kappa shape index (κ1) is 14.4. The molecule has 0 radical (unpaired) electrons. The summed E-state index contributed by atoms with van der Waals surface area (Å²) in [6, 6.07) is 12.7. The summed E-state index contributed by atoms with van der Waals surface area (Å²) in [6.45, 7) is 4.13. The minimum Gasteiger partial charge on any atom is -0.508 e. The van der Waals surface area contributed by atoms with Crippen LogP contribution in [-0.2, 0) is 6.42 Å². The van der Waals surface area contributed by atoms with E-state index in [9.17, 15) is 9.90 Å². The Morgan fingerprint density at radius 3 is 2.50 bits per heavy atom. The minimum atomic E-state index is -0.0718. The molecule has 112 valence electrons. The van der Waals surface area contributed by atoms with Gasteiger partial charge < -0.3 is 9.52 Å². The molecule has 0 saturated heterocycles. The molecule has 2 aromatic carbocycles. The van der Waals surface area contributed by atoms with E-state index in [1.807, 2.05) is 30.3 Å². The van der Waals surface area contributed by atoms with Gasteiger partial charge in [0.25, 0.3) is 0 Å². The summed E-state index contributed by atoms with van der Waals surface area (Å²) in [5, 5.41) is 10.6. The van der Waals surface area contributed by atoms with Crippen LogP contribution in [0.2, 0.25) is 0 Å². The second kappa shape index (κ2) is 5.68. The van der Waals surface area contributed by atoms with E-state index in [1.54, 1.807) is 12.1 Å². The Hall–Kier alpha value is -2.55. The molecule has 0 spiro atoms. The predicted octanol–water partition coefficient (Wildman–Crippen LogP) is 4.36. The normalized spacial score (nSPS) is 11.2. The number of fused-ring (bicyclic) bond motifs is 1. The monoisotopic (exact) mass is 294 g/mol. The first-order valence-corrected chi connectivity index (χ1v) is 7.39. The van der Waals surface area contributed by atoms with Gasteiger partial charge in [0.05, 0.1) is 10.9 Å². The molecule has 1 aromatic heterocycles. The maximum atomic E-state index is 12.7. The van der Waals surface area contributed by atoms with E-state index < -0.39 is 0 Å². The van der Waals surface area contributed by atoms with Gasteiger partial charge in [-0.2, -0.15) is 0 Å². The number of hydrogen-bond donors (Lipinski definition) is 1. The van der Waals surface area contributed by atoms with Crippen LogP contribution >= 0.6 is 0 Å². The number of benzene rings is 2. The second-order valence-corrected chi connectivity index (χ2v) is 5.88. The molecule has 3 aromatic rings. The molecule has 0 unspecified atom stereocenters.